The number of hydrogen-bond acceptors (Lipinski definition) is 9. The van der Waals surface area contributed by atoms with Crippen LogP contribution in [0.25, 0.3) is 11.0 Å². The van der Waals surface area contributed by atoms with Gasteiger partial charge in [-0.1, -0.05) is 0 Å². The number of ether oxygens (including phenoxy) is 4. The van der Waals surface area contributed by atoms with Gasteiger partial charge in [-0.25, -0.2) is 36.2 Å². The maximum atomic E-state index is 15.3. The summed E-state index contributed by atoms with van der Waals surface area (Å²) in [6.45, 7) is -0.0230. The summed E-state index contributed by atoms with van der Waals surface area (Å²) in [6, 6.07) is 2.42. The minimum atomic E-state index is -4.57. The van der Waals surface area contributed by atoms with Gasteiger partial charge in [-0.3, -0.25) is 4.72 Å². The van der Waals surface area contributed by atoms with Crippen LogP contribution in [0.4, 0.5) is 18.9 Å². The average molecular weight is 580 g/mol. The molecule has 1 saturated heterocycles. The van der Waals surface area contributed by atoms with Gasteiger partial charge >= 0.3 is 0 Å². The van der Waals surface area contributed by atoms with Crippen LogP contribution in [-0.2, 0) is 21.4 Å². The van der Waals surface area contributed by atoms with Crippen LogP contribution in [0.1, 0.15) is 31.1 Å². The molecule has 1 N–H and O–H groups in total. The number of fused-ring (bicyclic) bond motifs is 1. The first-order valence-electron chi connectivity index (χ1n) is 12.1. The predicted molar refractivity (Wildman–Crippen MR) is 135 cm³/mol. The predicted octanol–water partition coefficient (Wildman–Crippen LogP) is 4.34. The Balaban J connectivity index is 1.41. The molecule has 3 aromatic heterocycles. The minimum absolute atomic E-state index is 0.0828. The summed E-state index contributed by atoms with van der Waals surface area (Å²) in [5.74, 6) is -3.25. The Bertz CT molecular complexity index is 1660. The van der Waals surface area contributed by atoms with E-state index in [2.05, 4.69) is 15.1 Å². The van der Waals surface area contributed by atoms with E-state index in [1.54, 1.807) is 4.68 Å². The molecule has 1 aliphatic rings. The lowest BCUT2D eigenvalue weighted by atomic mass is 10.2. The van der Waals surface area contributed by atoms with Crippen LogP contribution in [-0.4, -0.2) is 49.0 Å². The van der Waals surface area contributed by atoms with E-state index in [9.17, 15) is 17.2 Å². The van der Waals surface area contributed by atoms with Gasteiger partial charge in [0, 0.05) is 12.7 Å². The quantitative estimate of drug-likeness (QED) is 0.308. The number of halogens is 3. The highest BCUT2D eigenvalue weighted by molar-refractivity contribution is 7.92. The molecule has 0 amide bonds. The van der Waals surface area contributed by atoms with Crippen molar-refractivity contribution >= 4 is 26.7 Å². The molecule has 5 rings (SSSR count). The SMILES string of the molecule is COc1ncc(F)cc1S(=O)(=O)Nc1ccc(F)c(COc2cnc3c(cnn3C3CCCCO3)c2OC)c1F. The van der Waals surface area contributed by atoms with Gasteiger partial charge in [-0.15, -0.1) is 0 Å². The van der Waals surface area contributed by atoms with Crippen molar-refractivity contribution in [2.45, 2.75) is 37.0 Å². The third kappa shape index (κ3) is 5.21. The van der Waals surface area contributed by atoms with E-state index in [-0.39, 0.29) is 17.7 Å². The van der Waals surface area contributed by atoms with Crippen LogP contribution in [0.2, 0.25) is 0 Å². The average Bonchev–Trinajstić information content (AvgIpc) is 3.39. The lowest BCUT2D eigenvalue weighted by Gasteiger charge is -2.23. The highest BCUT2D eigenvalue weighted by atomic mass is 32.2. The normalized spacial score (nSPS) is 15.7. The van der Waals surface area contributed by atoms with E-state index < -0.39 is 56.1 Å². The van der Waals surface area contributed by atoms with Gasteiger partial charge in [0.2, 0.25) is 5.88 Å². The number of pyridine rings is 2. The number of nitrogens with zero attached hydrogens (tertiary/aromatic N) is 4. The number of aromatic nitrogens is 4. The molecule has 0 bridgehead atoms. The number of hydrogen-bond donors (Lipinski definition) is 1. The second kappa shape index (κ2) is 11.2. The highest BCUT2D eigenvalue weighted by Gasteiger charge is 2.26. The van der Waals surface area contributed by atoms with Gasteiger partial charge in [0.05, 0.1) is 49.4 Å². The van der Waals surface area contributed by atoms with Crippen LogP contribution in [0.15, 0.2) is 41.7 Å². The van der Waals surface area contributed by atoms with Crippen molar-refractivity contribution in [2.24, 2.45) is 0 Å². The van der Waals surface area contributed by atoms with Crippen LogP contribution in [0, 0.1) is 17.5 Å². The molecule has 0 aliphatic carbocycles. The summed E-state index contributed by atoms with van der Waals surface area (Å²) in [4.78, 5) is 7.29. The fourth-order valence-corrected chi connectivity index (χ4v) is 5.50. The fourth-order valence-electron chi connectivity index (χ4n) is 4.31. The Morgan fingerprint density at radius 1 is 1.10 bits per heavy atom. The molecular formula is C25H24F3N5O6S. The molecule has 4 heterocycles. The zero-order valence-corrected chi connectivity index (χ0v) is 22.2. The van der Waals surface area contributed by atoms with E-state index in [4.69, 9.17) is 18.9 Å². The molecule has 11 nitrogen and oxygen atoms in total. The van der Waals surface area contributed by atoms with Crippen molar-refractivity contribution < 1.29 is 40.5 Å². The second-order valence-corrected chi connectivity index (χ2v) is 10.4. The van der Waals surface area contributed by atoms with E-state index in [0.29, 0.717) is 23.7 Å². The van der Waals surface area contributed by atoms with E-state index >= 15 is 4.39 Å². The Labute approximate surface area is 226 Å². The first kappa shape index (κ1) is 27.5. The highest BCUT2D eigenvalue weighted by Crippen LogP contribution is 2.37. The van der Waals surface area contributed by atoms with Gasteiger partial charge in [0.25, 0.3) is 10.0 Å². The summed E-state index contributed by atoms with van der Waals surface area (Å²) in [6.07, 6.45) is 6.11. The van der Waals surface area contributed by atoms with Gasteiger partial charge in [-0.2, -0.15) is 5.10 Å². The zero-order valence-electron chi connectivity index (χ0n) is 21.4. The van der Waals surface area contributed by atoms with E-state index in [1.165, 1.54) is 19.5 Å². The van der Waals surface area contributed by atoms with Crippen LogP contribution in [0.5, 0.6) is 17.4 Å². The Morgan fingerprint density at radius 3 is 2.65 bits per heavy atom. The molecule has 15 heteroatoms. The molecule has 212 valence electrons. The summed E-state index contributed by atoms with van der Waals surface area (Å²) in [5, 5.41) is 4.88. The monoisotopic (exact) mass is 579 g/mol. The van der Waals surface area contributed by atoms with Crippen molar-refractivity contribution in [3.63, 3.8) is 0 Å². The van der Waals surface area contributed by atoms with Crippen LogP contribution in [0.3, 0.4) is 0 Å². The summed E-state index contributed by atoms with van der Waals surface area (Å²) in [5.41, 5.74) is -0.675. The third-order valence-electron chi connectivity index (χ3n) is 6.24. The molecule has 0 radical (unpaired) electrons. The molecule has 1 atom stereocenters. The Kier molecular flexibility index (Phi) is 7.67. The largest absolute Gasteiger partial charge is 0.492 e. The molecule has 1 unspecified atom stereocenters. The summed E-state index contributed by atoms with van der Waals surface area (Å²) < 4.78 is 94.8. The van der Waals surface area contributed by atoms with E-state index in [1.807, 2.05) is 4.72 Å². The first-order chi connectivity index (χ1) is 19.2. The topological polar surface area (TPSA) is 127 Å². The van der Waals surface area contributed by atoms with Crippen LogP contribution < -0.4 is 18.9 Å². The second-order valence-electron chi connectivity index (χ2n) is 8.75. The van der Waals surface area contributed by atoms with Crippen molar-refractivity contribution in [3.8, 4) is 17.4 Å². The maximum Gasteiger partial charge on any atom is 0.267 e. The molecule has 0 saturated carbocycles. The molecule has 4 aromatic rings. The van der Waals surface area contributed by atoms with Gasteiger partial charge in [-0.05, 0) is 31.4 Å². The fraction of sp³-hybridized carbons (Fsp3) is 0.320. The molecule has 0 spiro atoms. The van der Waals surface area contributed by atoms with Gasteiger partial charge < -0.3 is 18.9 Å². The number of anilines is 1. The number of benzene rings is 1. The Hall–Kier alpha value is -4.11. The minimum Gasteiger partial charge on any atom is -0.492 e. The first-order valence-corrected chi connectivity index (χ1v) is 13.6. The molecular weight excluding hydrogens is 555 g/mol. The van der Waals surface area contributed by atoms with Crippen LogP contribution >= 0.6 is 0 Å². The maximum absolute atomic E-state index is 15.3. The summed E-state index contributed by atoms with van der Waals surface area (Å²) >= 11 is 0. The van der Waals surface area contributed by atoms with Crippen molar-refractivity contribution in [1.82, 2.24) is 19.7 Å². The third-order valence-corrected chi connectivity index (χ3v) is 7.60. The summed E-state index contributed by atoms with van der Waals surface area (Å²) in [7, 11) is -2.02. The lowest BCUT2D eigenvalue weighted by Crippen LogP contribution is -2.19. The van der Waals surface area contributed by atoms with Crippen molar-refractivity contribution in [3.05, 3.63) is 59.8 Å². The number of nitrogens with one attached hydrogen (secondary N) is 1. The molecule has 1 aliphatic heterocycles. The number of rotatable bonds is 9. The molecule has 1 fully saturated rings. The van der Waals surface area contributed by atoms with Crippen molar-refractivity contribution in [1.29, 1.82) is 0 Å². The van der Waals surface area contributed by atoms with Gasteiger partial charge in [0.1, 0.15) is 18.2 Å². The van der Waals surface area contributed by atoms with Gasteiger partial charge in [0.15, 0.2) is 34.1 Å². The molecule has 40 heavy (non-hydrogen) atoms. The molecule has 1 aromatic carbocycles. The number of methoxy groups -OCH3 is 2. The zero-order chi connectivity index (χ0) is 28.4. The smallest absolute Gasteiger partial charge is 0.267 e. The standard InChI is InChI=1S/C25H24F3N5O6S/c1-36-23-15-11-31-33(21-5-3-4-8-38-21)24(15)29-12-19(23)39-13-16-17(27)6-7-18(22(16)28)32-40(34,35)20-9-14(26)10-30-25(20)37-2/h6-7,9-12,21,32H,3-5,8,13H2,1-2H3. The lowest BCUT2D eigenvalue weighted by molar-refractivity contribution is -0.0370. The van der Waals surface area contributed by atoms with Crippen molar-refractivity contribution in [2.75, 3.05) is 25.5 Å². The number of sulfonamides is 1. The Morgan fingerprint density at radius 2 is 1.93 bits per heavy atom. The van der Waals surface area contributed by atoms with E-state index in [0.717, 1.165) is 44.7 Å².